The van der Waals surface area contributed by atoms with Crippen molar-refractivity contribution in [1.82, 2.24) is 0 Å². The van der Waals surface area contributed by atoms with Gasteiger partial charge in [0.1, 0.15) is 0 Å². The highest BCUT2D eigenvalue weighted by Crippen LogP contribution is 2.50. The van der Waals surface area contributed by atoms with Crippen molar-refractivity contribution in [2.75, 3.05) is 0 Å². The van der Waals surface area contributed by atoms with Gasteiger partial charge in [-0.15, -0.1) is 0 Å². The Morgan fingerprint density at radius 3 is 1.17 bits per heavy atom. The summed E-state index contributed by atoms with van der Waals surface area (Å²) in [6, 6.07) is 0. The van der Waals surface area contributed by atoms with Crippen molar-refractivity contribution in [3.05, 3.63) is 0 Å². The van der Waals surface area contributed by atoms with Gasteiger partial charge in [-0.3, -0.25) is 0 Å². The van der Waals surface area contributed by atoms with Gasteiger partial charge in [-0.05, 0) is 10.1 Å². The van der Waals surface area contributed by atoms with E-state index in [9.17, 15) is 5.26 Å². The lowest BCUT2D eigenvalue weighted by atomic mass is 10.2. The summed E-state index contributed by atoms with van der Waals surface area (Å²) in [4.78, 5) is 0. The Morgan fingerprint density at radius 2 is 1.17 bits per heavy atom. The van der Waals surface area contributed by atoms with E-state index < -0.39 is 8.07 Å². The largest absolute Gasteiger partial charge is 0.207 e. The van der Waals surface area contributed by atoms with E-state index in [0.29, 0.717) is 0 Å². The molecule has 0 aromatic rings. The topological polar surface area (TPSA) is 23.8 Å². The Balaban J connectivity index is 5.14. The highest BCUT2D eigenvalue weighted by atomic mass is 28.3. The predicted octanol–water partition coefficient (Wildman–Crippen LogP) is 3.73. The number of rotatable bonds is 0. The van der Waals surface area contributed by atoms with Gasteiger partial charge >= 0.3 is 0 Å². The number of nitrogens with zero attached hydrogens (tertiary/aromatic N) is 1. The van der Waals surface area contributed by atoms with Crippen LogP contribution in [0, 0.1) is 11.0 Å². The van der Waals surface area contributed by atoms with Crippen molar-refractivity contribution in [3.8, 4) is 5.69 Å². The molecule has 0 radical (unpaired) electrons. The van der Waals surface area contributed by atoms with E-state index in [1.54, 1.807) is 0 Å². The number of hydrogen-bond donors (Lipinski definition) is 0. The molecule has 0 aromatic heterocycles. The maximum Gasteiger partial charge on any atom is 0.181 e. The number of hydrogen-bond acceptors (Lipinski definition) is 1. The molecule has 0 N–H and O–H groups in total. The average Bonchev–Trinajstić information content (AvgIpc) is 1.81. The molecule has 0 atom stereocenters. The molecule has 0 spiro atoms. The first-order chi connectivity index (χ1) is 5.06. The van der Waals surface area contributed by atoms with Crippen molar-refractivity contribution in [2.45, 2.75) is 58.2 Å². The molecule has 0 saturated carbocycles. The molecule has 1 nitrogen and oxygen atoms in total. The maximum absolute atomic E-state index is 9.27. The first-order valence-electron chi connectivity index (χ1n) is 4.47. The fourth-order valence-electron chi connectivity index (χ4n) is 1.46. The van der Waals surface area contributed by atoms with Crippen molar-refractivity contribution < 1.29 is 0 Å². The maximum atomic E-state index is 9.27. The molecule has 0 aromatic carbocycles. The minimum Gasteiger partial charge on any atom is -0.207 e. The lowest BCUT2D eigenvalue weighted by Crippen LogP contribution is -2.47. The molecule has 0 amide bonds. The van der Waals surface area contributed by atoms with Gasteiger partial charge in [0.25, 0.3) is 0 Å². The molecular weight excluding hydrogens is 162 g/mol. The van der Waals surface area contributed by atoms with Gasteiger partial charge in [0.05, 0.1) is 0 Å². The van der Waals surface area contributed by atoms with Gasteiger partial charge in [-0.25, -0.2) is 5.26 Å². The first-order valence-corrected chi connectivity index (χ1v) is 6.97. The van der Waals surface area contributed by atoms with E-state index in [1.807, 2.05) is 0 Å². The Morgan fingerprint density at radius 1 is 0.917 bits per heavy atom. The van der Waals surface area contributed by atoms with Crippen molar-refractivity contribution in [3.63, 3.8) is 0 Å². The van der Waals surface area contributed by atoms with Crippen LogP contribution < -0.4 is 0 Å². The first kappa shape index (κ1) is 11.7. The van der Waals surface area contributed by atoms with Crippen LogP contribution >= 0.6 is 0 Å². The standard InChI is InChI=1S/C10H21NSi/c1-9(2,3)12(7,8-11)10(4,5)6/h1-7H3. The van der Waals surface area contributed by atoms with Gasteiger partial charge in [-0.2, -0.15) is 0 Å². The van der Waals surface area contributed by atoms with Gasteiger partial charge in [0, 0.05) is 5.69 Å². The van der Waals surface area contributed by atoms with Crippen LogP contribution in [0.25, 0.3) is 0 Å². The summed E-state index contributed by atoms with van der Waals surface area (Å²) in [5.74, 6) is 0. The zero-order valence-electron chi connectivity index (χ0n) is 9.45. The van der Waals surface area contributed by atoms with Crippen LogP contribution in [0.4, 0.5) is 0 Å². The van der Waals surface area contributed by atoms with E-state index in [0.717, 1.165) is 0 Å². The van der Waals surface area contributed by atoms with Crippen LogP contribution in [0.5, 0.6) is 0 Å². The third-order valence-electron chi connectivity index (χ3n) is 3.22. The molecule has 2 heteroatoms. The second kappa shape index (κ2) is 2.88. The summed E-state index contributed by atoms with van der Waals surface area (Å²) in [6.07, 6.45) is 0. The molecule has 0 heterocycles. The lowest BCUT2D eigenvalue weighted by Gasteiger charge is -2.43. The van der Waals surface area contributed by atoms with Gasteiger partial charge < -0.3 is 0 Å². The minimum atomic E-state index is -1.82. The molecule has 0 fully saturated rings. The highest BCUT2D eigenvalue weighted by molar-refractivity contribution is 6.90. The van der Waals surface area contributed by atoms with Gasteiger partial charge in [-0.1, -0.05) is 48.1 Å². The molecule has 0 unspecified atom stereocenters. The smallest absolute Gasteiger partial charge is 0.181 e. The Bertz CT molecular complexity index is 185. The van der Waals surface area contributed by atoms with Gasteiger partial charge in [0.2, 0.25) is 0 Å². The van der Waals surface area contributed by atoms with Crippen molar-refractivity contribution >= 4 is 8.07 Å². The summed E-state index contributed by atoms with van der Waals surface area (Å²) in [7, 11) is -1.82. The van der Waals surface area contributed by atoms with Crippen LogP contribution in [-0.2, 0) is 0 Å². The molecule has 0 saturated heterocycles. The summed E-state index contributed by atoms with van der Waals surface area (Å²) in [5, 5.41) is 9.60. The highest BCUT2D eigenvalue weighted by Gasteiger charge is 2.50. The summed E-state index contributed by atoms with van der Waals surface area (Å²) >= 11 is 0. The van der Waals surface area contributed by atoms with E-state index in [2.05, 4.69) is 53.8 Å². The Labute approximate surface area is 77.8 Å². The van der Waals surface area contributed by atoms with E-state index >= 15 is 0 Å². The third-order valence-corrected chi connectivity index (χ3v) is 9.67. The SMILES string of the molecule is CC(C)(C)[Si](C)(C#N)C(C)(C)C. The molecule has 0 bridgehead atoms. The fraction of sp³-hybridized carbons (Fsp3) is 0.900. The van der Waals surface area contributed by atoms with E-state index in [4.69, 9.17) is 0 Å². The molecule has 0 aliphatic rings. The minimum absolute atomic E-state index is 0.167. The molecule has 12 heavy (non-hydrogen) atoms. The van der Waals surface area contributed by atoms with Crippen LogP contribution in [0.2, 0.25) is 16.6 Å². The fourth-order valence-corrected chi connectivity index (χ4v) is 4.38. The second-order valence-electron chi connectivity index (χ2n) is 5.74. The molecular formula is C10H21NSi. The zero-order valence-corrected chi connectivity index (χ0v) is 10.4. The Kier molecular flexibility index (Phi) is 2.81. The zero-order chi connectivity index (χ0) is 10.2. The lowest BCUT2D eigenvalue weighted by molar-refractivity contribution is 0.630. The van der Waals surface area contributed by atoms with Crippen LogP contribution in [-0.4, -0.2) is 8.07 Å². The number of nitriles is 1. The molecule has 70 valence electrons. The Hall–Kier alpha value is -0.293. The second-order valence-corrected chi connectivity index (χ2v) is 11.2. The third kappa shape index (κ3) is 1.72. The summed E-state index contributed by atoms with van der Waals surface area (Å²) < 4.78 is 0. The van der Waals surface area contributed by atoms with Crippen LogP contribution in [0.15, 0.2) is 0 Å². The van der Waals surface area contributed by atoms with E-state index in [-0.39, 0.29) is 10.1 Å². The van der Waals surface area contributed by atoms with Crippen LogP contribution in [0.3, 0.4) is 0 Å². The average molecular weight is 183 g/mol. The van der Waals surface area contributed by atoms with Gasteiger partial charge in [0.15, 0.2) is 8.07 Å². The molecule has 0 rings (SSSR count). The van der Waals surface area contributed by atoms with Crippen molar-refractivity contribution in [2.24, 2.45) is 0 Å². The summed E-state index contributed by atoms with van der Waals surface area (Å²) in [5.41, 5.74) is 2.60. The molecule has 0 aliphatic heterocycles. The monoisotopic (exact) mass is 183 g/mol. The summed E-state index contributed by atoms with van der Waals surface area (Å²) in [6.45, 7) is 15.3. The van der Waals surface area contributed by atoms with Crippen molar-refractivity contribution in [1.29, 1.82) is 5.26 Å². The normalized spacial score (nSPS) is 14.2. The van der Waals surface area contributed by atoms with E-state index in [1.165, 1.54) is 0 Å². The predicted molar refractivity (Wildman–Crippen MR) is 56.7 cm³/mol. The quantitative estimate of drug-likeness (QED) is 0.525. The van der Waals surface area contributed by atoms with Crippen LogP contribution in [0.1, 0.15) is 41.5 Å². The molecule has 0 aliphatic carbocycles.